The summed E-state index contributed by atoms with van der Waals surface area (Å²) in [5.41, 5.74) is 0.283. The predicted molar refractivity (Wildman–Crippen MR) is 63.2 cm³/mol. The van der Waals surface area contributed by atoms with Crippen LogP contribution in [-0.2, 0) is 0 Å². The Morgan fingerprint density at radius 2 is 2.25 bits per heavy atom. The average Bonchev–Trinajstić information content (AvgIpc) is 2.23. The topological polar surface area (TPSA) is 61.4 Å². The molecule has 4 nitrogen and oxygen atoms in total. The summed E-state index contributed by atoms with van der Waals surface area (Å²) in [7, 11) is 0. The van der Waals surface area contributed by atoms with E-state index in [0.717, 1.165) is 6.07 Å². The van der Waals surface area contributed by atoms with E-state index in [-0.39, 0.29) is 28.3 Å². The smallest absolute Gasteiger partial charge is 0.319 e. The third kappa shape index (κ3) is 3.62. The SMILES string of the molecule is O=C(NCCO)Nc1cc(Br)c(F)cc1Cl. The first kappa shape index (κ1) is 13.2. The number of benzene rings is 1. The van der Waals surface area contributed by atoms with E-state index < -0.39 is 11.8 Å². The van der Waals surface area contributed by atoms with E-state index in [2.05, 4.69) is 26.6 Å². The number of anilines is 1. The van der Waals surface area contributed by atoms with Crippen molar-refractivity contribution in [3.63, 3.8) is 0 Å². The number of nitrogens with one attached hydrogen (secondary N) is 2. The zero-order valence-corrected chi connectivity index (χ0v) is 10.4. The summed E-state index contributed by atoms with van der Waals surface area (Å²) >= 11 is 8.70. The predicted octanol–water partition coefficient (Wildman–Crippen LogP) is 2.36. The second-order valence-electron chi connectivity index (χ2n) is 2.85. The molecule has 0 saturated carbocycles. The van der Waals surface area contributed by atoms with Gasteiger partial charge in [0, 0.05) is 6.54 Å². The molecule has 0 aliphatic rings. The van der Waals surface area contributed by atoms with Crippen LogP contribution in [0.2, 0.25) is 5.02 Å². The number of carbonyl (C=O) groups is 1. The summed E-state index contributed by atoms with van der Waals surface area (Å²) in [6.07, 6.45) is 0. The van der Waals surface area contributed by atoms with Crippen molar-refractivity contribution in [3.05, 3.63) is 27.4 Å². The molecule has 1 aromatic rings. The molecule has 0 unspecified atom stereocenters. The normalized spacial score (nSPS) is 10.0. The van der Waals surface area contributed by atoms with Crippen molar-refractivity contribution in [2.24, 2.45) is 0 Å². The van der Waals surface area contributed by atoms with E-state index in [9.17, 15) is 9.18 Å². The molecule has 1 aromatic carbocycles. The fourth-order valence-corrected chi connectivity index (χ4v) is 1.50. The molecule has 16 heavy (non-hydrogen) atoms. The van der Waals surface area contributed by atoms with Gasteiger partial charge in [-0.1, -0.05) is 11.6 Å². The molecule has 0 bridgehead atoms. The van der Waals surface area contributed by atoms with E-state index in [1.807, 2.05) is 0 Å². The van der Waals surface area contributed by atoms with Crippen molar-refractivity contribution in [2.75, 3.05) is 18.5 Å². The van der Waals surface area contributed by atoms with Crippen molar-refractivity contribution in [1.82, 2.24) is 5.32 Å². The molecule has 88 valence electrons. The third-order valence-electron chi connectivity index (χ3n) is 1.66. The van der Waals surface area contributed by atoms with Crippen LogP contribution < -0.4 is 10.6 Å². The van der Waals surface area contributed by atoms with Crippen LogP contribution >= 0.6 is 27.5 Å². The number of carbonyl (C=O) groups excluding carboxylic acids is 1. The molecular formula is C9H9BrClFN2O2. The van der Waals surface area contributed by atoms with Crippen LogP contribution in [0.3, 0.4) is 0 Å². The van der Waals surface area contributed by atoms with E-state index in [1.165, 1.54) is 6.07 Å². The Balaban J connectivity index is 2.73. The highest BCUT2D eigenvalue weighted by Gasteiger charge is 2.09. The lowest BCUT2D eigenvalue weighted by molar-refractivity contribution is 0.245. The van der Waals surface area contributed by atoms with Crippen molar-refractivity contribution in [3.8, 4) is 0 Å². The summed E-state index contributed by atoms with van der Waals surface area (Å²) in [5, 5.41) is 13.4. The van der Waals surface area contributed by atoms with E-state index in [0.29, 0.717) is 0 Å². The van der Waals surface area contributed by atoms with Gasteiger partial charge < -0.3 is 15.7 Å². The molecule has 0 aliphatic carbocycles. The van der Waals surface area contributed by atoms with Gasteiger partial charge in [-0.05, 0) is 28.1 Å². The lowest BCUT2D eigenvalue weighted by Crippen LogP contribution is -2.31. The van der Waals surface area contributed by atoms with Gasteiger partial charge in [-0.25, -0.2) is 9.18 Å². The number of aliphatic hydroxyl groups is 1. The molecule has 1 rings (SSSR count). The second kappa shape index (κ2) is 6.03. The van der Waals surface area contributed by atoms with Gasteiger partial charge in [-0.3, -0.25) is 0 Å². The second-order valence-corrected chi connectivity index (χ2v) is 4.11. The Kier molecular flexibility index (Phi) is 4.98. The Morgan fingerprint density at radius 1 is 1.56 bits per heavy atom. The number of halogens is 3. The Hall–Kier alpha value is -0.850. The van der Waals surface area contributed by atoms with Crippen molar-refractivity contribution < 1.29 is 14.3 Å². The Bertz CT molecular complexity index is 403. The van der Waals surface area contributed by atoms with Gasteiger partial charge in [0.1, 0.15) is 5.82 Å². The minimum absolute atomic E-state index is 0.0971. The van der Waals surface area contributed by atoms with Crippen molar-refractivity contribution >= 4 is 39.2 Å². The van der Waals surface area contributed by atoms with Crippen LogP contribution in [0, 0.1) is 5.82 Å². The molecule has 0 aromatic heterocycles. The minimum atomic E-state index is -0.519. The lowest BCUT2D eigenvalue weighted by Gasteiger charge is -2.09. The fourth-order valence-electron chi connectivity index (χ4n) is 0.954. The molecular weight excluding hydrogens is 302 g/mol. The highest BCUT2D eigenvalue weighted by Crippen LogP contribution is 2.28. The lowest BCUT2D eigenvalue weighted by atomic mass is 10.3. The van der Waals surface area contributed by atoms with Crippen molar-refractivity contribution in [2.45, 2.75) is 0 Å². The molecule has 3 N–H and O–H groups in total. The maximum atomic E-state index is 13.0. The quantitative estimate of drug-likeness (QED) is 0.751. The van der Waals surface area contributed by atoms with Crippen LogP contribution in [0.15, 0.2) is 16.6 Å². The molecule has 0 radical (unpaired) electrons. The van der Waals surface area contributed by atoms with Gasteiger partial charge in [0.2, 0.25) is 0 Å². The van der Waals surface area contributed by atoms with E-state index in [4.69, 9.17) is 16.7 Å². The van der Waals surface area contributed by atoms with E-state index >= 15 is 0 Å². The number of aliphatic hydroxyl groups excluding tert-OH is 1. The third-order valence-corrected chi connectivity index (χ3v) is 2.58. The maximum absolute atomic E-state index is 13.0. The Labute approximate surface area is 105 Å². The maximum Gasteiger partial charge on any atom is 0.319 e. The van der Waals surface area contributed by atoms with Crippen LogP contribution in [0.5, 0.6) is 0 Å². The number of amides is 2. The molecule has 0 aliphatic heterocycles. The standard InChI is InChI=1S/C9H9BrClFN2O2/c10-5-3-8(6(11)4-7(5)12)14-9(16)13-1-2-15/h3-4,15H,1-2H2,(H2,13,14,16). The summed E-state index contributed by atoms with van der Waals surface area (Å²) in [5.74, 6) is -0.508. The van der Waals surface area contributed by atoms with Crippen LogP contribution in [-0.4, -0.2) is 24.3 Å². The highest BCUT2D eigenvalue weighted by atomic mass is 79.9. The number of urea groups is 1. The highest BCUT2D eigenvalue weighted by molar-refractivity contribution is 9.10. The number of hydrogen-bond acceptors (Lipinski definition) is 2. The monoisotopic (exact) mass is 310 g/mol. The van der Waals surface area contributed by atoms with Crippen LogP contribution in [0.4, 0.5) is 14.9 Å². The molecule has 0 heterocycles. The first-order valence-electron chi connectivity index (χ1n) is 4.35. The summed E-state index contributed by atoms with van der Waals surface area (Å²) < 4.78 is 13.2. The van der Waals surface area contributed by atoms with E-state index in [1.54, 1.807) is 0 Å². The average molecular weight is 312 g/mol. The number of hydrogen-bond donors (Lipinski definition) is 3. The van der Waals surface area contributed by atoms with Crippen LogP contribution in [0.25, 0.3) is 0 Å². The van der Waals surface area contributed by atoms with Gasteiger partial charge in [0.15, 0.2) is 0 Å². The van der Waals surface area contributed by atoms with Gasteiger partial charge in [-0.15, -0.1) is 0 Å². The molecule has 2 amide bonds. The first-order chi connectivity index (χ1) is 7.54. The summed E-state index contributed by atoms with van der Waals surface area (Å²) in [6.45, 7) is -0.0277. The summed E-state index contributed by atoms with van der Waals surface area (Å²) in [6, 6.07) is 1.93. The van der Waals surface area contributed by atoms with Gasteiger partial charge in [0.05, 0.1) is 21.8 Å². The number of rotatable bonds is 3. The zero-order chi connectivity index (χ0) is 12.1. The zero-order valence-electron chi connectivity index (χ0n) is 8.06. The first-order valence-corrected chi connectivity index (χ1v) is 5.52. The largest absolute Gasteiger partial charge is 0.395 e. The van der Waals surface area contributed by atoms with Gasteiger partial charge in [0.25, 0.3) is 0 Å². The van der Waals surface area contributed by atoms with Gasteiger partial charge in [-0.2, -0.15) is 0 Å². The minimum Gasteiger partial charge on any atom is -0.395 e. The fraction of sp³-hybridized carbons (Fsp3) is 0.222. The Morgan fingerprint density at radius 3 is 2.88 bits per heavy atom. The molecule has 7 heteroatoms. The molecule has 0 saturated heterocycles. The molecule has 0 fully saturated rings. The van der Waals surface area contributed by atoms with Crippen molar-refractivity contribution in [1.29, 1.82) is 0 Å². The van der Waals surface area contributed by atoms with Gasteiger partial charge >= 0.3 is 6.03 Å². The van der Waals surface area contributed by atoms with Crippen LogP contribution in [0.1, 0.15) is 0 Å². The molecule has 0 spiro atoms. The molecule has 0 atom stereocenters. The summed E-state index contributed by atoms with van der Waals surface area (Å²) in [4.78, 5) is 11.2.